The lowest BCUT2D eigenvalue weighted by Gasteiger charge is -2.42. The van der Waals surface area contributed by atoms with Crippen LogP contribution in [0.5, 0.6) is 0 Å². The molecule has 4 fully saturated rings. The molecule has 0 spiro atoms. The number of amides is 4. The Hall–Kier alpha value is -3.13. The van der Waals surface area contributed by atoms with Crippen LogP contribution in [0.25, 0.3) is 0 Å². The Balaban J connectivity index is 1.45. The van der Waals surface area contributed by atoms with Crippen LogP contribution in [0.2, 0.25) is 0 Å². The van der Waals surface area contributed by atoms with Gasteiger partial charge in [0.15, 0.2) is 0 Å². The highest BCUT2D eigenvalue weighted by atomic mass is 19.1. The molecule has 0 unspecified atom stereocenters. The fraction of sp³-hybridized carbons (Fsp3) is 0.655. The number of hydrogen-bond donors (Lipinski definition) is 4. The molecule has 42 heavy (non-hydrogen) atoms. The highest BCUT2D eigenvalue weighted by Crippen LogP contribution is 2.28. The zero-order valence-corrected chi connectivity index (χ0v) is 24.2. The number of nitrogens with zero attached hydrogens (tertiary/aromatic N) is 3. The van der Waals surface area contributed by atoms with Gasteiger partial charge < -0.3 is 35.4 Å². The average Bonchev–Trinajstić information content (AvgIpc) is 3.44. The summed E-state index contributed by atoms with van der Waals surface area (Å²) in [5.74, 6) is -2.06. The molecule has 4 aliphatic heterocycles. The summed E-state index contributed by atoms with van der Waals surface area (Å²) < 4.78 is 19.3. The maximum atomic E-state index is 14.0. The van der Waals surface area contributed by atoms with Crippen molar-refractivity contribution in [2.75, 3.05) is 39.3 Å². The van der Waals surface area contributed by atoms with E-state index in [0.29, 0.717) is 19.5 Å². The number of halogens is 1. The SMILES string of the molecule is CC(C)(C)CN1C[C@@H]2C[C@H]1C(=O)N1CCN(C(=O)c3ccc(F)cc3)[C@@H](C1)C(=O)NC[C@H]1O[C@@H](CC(=O)N2)[C@H](O)[C@@H]1O. The van der Waals surface area contributed by atoms with E-state index < -0.39 is 54.1 Å². The second-order valence-corrected chi connectivity index (χ2v) is 13.0. The molecule has 4 N–H and O–H groups in total. The fourth-order valence-electron chi connectivity index (χ4n) is 6.42. The zero-order valence-electron chi connectivity index (χ0n) is 24.2. The molecule has 1 aromatic rings. The Bertz CT molecular complexity index is 1210. The maximum Gasteiger partial charge on any atom is 0.254 e. The third-order valence-corrected chi connectivity index (χ3v) is 8.40. The van der Waals surface area contributed by atoms with E-state index in [0.717, 1.165) is 0 Å². The first-order valence-corrected chi connectivity index (χ1v) is 14.5. The lowest BCUT2D eigenvalue weighted by molar-refractivity contribution is -0.141. The number of nitrogens with one attached hydrogen (secondary N) is 2. The van der Waals surface area contributed by atoms with Crippen LogP contribution in [-0.2, 0) is 19.1 Å². The highest BCUT2D eigenvalue weighted by molar-refractivity contribution is 5.98. The van der Waals surface area contributed by atoms with Crippen molar-refractivity contribution >= 4 is 23.6 Å². The Morgan fingerprint density at radius 3 is 2.40 bits per heavy atom. The molecule has 1 aromatic carbocycles. The van der Waals surface area contributed by atoms with Crippen LogP contribution in [0.4, 0.5) is 4.39 Å². The summed E-state index contributed by atoms with van der Waals surface area (Å²) in [4.78, 5) is 59.0. The topological polar surface area (TPSA) is 152 Å². The van der Waals surface area contributed by atoms with Gasteiger partial charge in [0.2, 0.25) is 17.7 Å². The molecule has 13 heteroatoms. The van der Waals surface area contributed by atoms with E-state index in [-0.39, 0.29) is 61.4 Å². The van der Waals surface area contributed by atoms with E-state index in [1.54, 1.807) is 4.90 Å². The van der Waals surface area contributed by atoms with Crippen molar-refractivity contribution in [3.63, 3.8) is 0 Å². The number of piperazine rings is 1. The molecule has 7 atom stereocenters. The second-order valence-electron chi connectivity index (χ2n) is 13.0. The minimum absolute atomic E-state index is 0.0617. The van der Waals surface area contributed by atoms with Crippen molar-refractivity contribution in [3.8, 4) is 0 Å². The van der Waals surface area contributed by atoms with E-state index in [1.807, 2.05) is 0 Å². The van der Waals surface area contributed by atoms with Gasteiger partial charge in [-0.1, -0.05) is 20.8 Å². The number of rotatable bonds is 2. The van der Waals surface area contributed by atoms with Crippen LogP contribution in [0.15, 0.2) is 24.3 Å². The molecule has 6 bridgehead atoms. The summed E-state index contributed by atoms with van der Waals surface area (Å²) in [6.07, 6.45) is -4.43. The van der Waals surface area contributed by atoms with Crippen LogP contribution >= 0.6 is 0 Å². The van der Waals surface area contributed by atoms with Gasteiger partial charge in [0.1, 0.15) is 30.2 Å². The molecule has 4 aliphatic rings. The van der Waals surface area contributed by atoms with Gasteiger partial charge >= 0.3 is 0 Å². The summed E-state index contributed by atoms with van der Waals surface area (Å²) in [7, 11) is 0. The maximum absolute atomic E-state index is 14.0. The standard InChI is InChI=1S/C29H40FN5O7/c1-29(2,3)15-34-13-18-10-19(34)28(41)33-8-9-35(27(40)16-4-6-17(30)7-5-16)20(14-33)26(39)31-12-22-25(38)24(37)21(42-22)11-23(36)32-18/h4-7,18-22,24-25,37-38H,8-15H2,1-3H3,(H,31,39)(H,32,36)/t18-,19-,20-,21-,22+,24-,25+/m0/s1. The number of fused-ring (bicyclic) bond motifs is 6. The third kappa shape index (κ3) is 6.43. The number of likely N-dealkylation sites (tertiary alicyclic amines) is 1. The largest absolute Gasteiger partial charge is 0.388 e. The molecule has 0 radical (unpaired) electrons. The van der Waals surface area contributed by atoms with Gasteiger partial charge in [0.05, 0.1) is 25.1 Å². The zero-order chi connectivity index (χ0) is 30.3. The summed E-state index contributed by atoms with van der Waals surface area (Å²) in [6, 6.07) is 3.14. The van der Waals surface area contributed by atoms with Crippen molar-refractivity contribution in [1.82, 2.24) is 25.3 Å². The van der Waals surface area contributed by atoms with E-state index in [2.05, 4.69) is 36.3 Å². The predicted octanol–water partition coefficient (Wildman–Crippen LogP) is -0.907. The quantitative estimate of drug-likeness (QED) is 0.346. The number of benzene rings is 1. The van der Waals surface area contributed by atoms with E-state index in [9.17, 15) is 33.8 Å². The number of hydrogen-bond acceptors (Lipinski definition) is 8. The first kappa shape index (κ1) is 30.3. The molecular formula is C29H40FN5O7. The molecule has 5 rings (SSSR count). The molecule has 4 heterocycles. The molecule has 12 nitrogen and oxygen atoms in total. The minimum Gasteiger partial charge on any atom is -0.388 e. The first-order valence-electron chi connectivity index (χ1n) is 14.5. The van der Waals surface area contributed by atoms with E-state index in [4.69, 9.17) is 4.74 Å². The van der Waals surface area contributed by atoms with Crippen LogP contribution < -0.4 is 10.6 Å². The van der Waals surface area contributed by atoms with Crippen molar-refractivity contribution in [1.29, 1.82) is 0 Å². The lowest BCUT2D eigenvalue weighted by atomic mass is 9.95. The third-order valence-electron chi connectivity index (χ3n) is 8.40. The summed E-state index contributed by atoms with van der Waals surface area (Å²) >= 11 is 0. The molecule has 230 valence electrons. The van der Waals surface area contributed by atoms with Crippen molar-refractivity contribution in [2.24, 2.45) is 5.41 Å². The smallest absolute Gasteiger partial charge is 0.254 e. The molecule has 0 saturated carbocycles. The molecule has 0 aliphatic carbocycles. The number of ether oxygens (including phenoxy) is 1. The van der Waals surface area contributed by atoms with Crippen molar-refractivity contribution < 1.29 is 38.5 Å². The van der Waals surface area contributed by atoms with Gasteiger partial charge in [-0.2, -0.15) is 0 Å². The highest BCUT2D eigenvalue weighted by Gasteiger charge is 2.47. The summed E-state index contributed by atoms with van der Waals surface area (Å²) in [6.45, 7) is 7.29. The Morgan fingerprint density at radius 2 is 1.71 bits per heavy atom. The van der Waals surface area contributed by atoms with Gasteiger partial charge in [-0.15, -0.1) is 0 Å². The minimum atomic E-state index is -1.33. The molecule has 4 saturated heterocycles. The van der Waals surface area contributed by atoms with Crippen LogP contribution in [0.3, 0.4) is 0 Å². The van der Waals surface area contributed by atoms with Gasteiger partial charge in [-0.25, -0.2) is 4.39 Å². The van der Waals surface area contributed by atoms with Crippen molar-refractivity contribution in [3.05, 3.63) is 35.6 Å². The van der Waals surface area contributed by atoms with Gasteiger partial charge in [0, 0.05) is 44.3 Å². The normalized spacial score (nSPS) is 33.0. The monoisotopic (exact) mass is 589 g/mol. The Labute approximate surface area is 244 Å². The summed E-state index contributed by atoms with van der Waals surface area (Å²) in [5, 5.41) is 26.8. The Morgan fingerprint density at radius 1 is 1.02 bits per heavy atom. The number of aliphatic hydroxyl groups is 2. The molecular weight excluding hydrogens is 549 g/mol. The number of carbonyl (C=O) groups is 4. The van der Waals surface area contributed by atoms with Crippen LogP contribution in [0.1, 0.15) is 44.0 Å². The van der Waals surface area contributed by atoms with Crippen LogP contribution in [-0.4, -0.2) is 130 Å². The lowest BCUT2D eigenvalue weighted by Crippen LogP contribution is -2.63. The van der Waals surface area contributed by atoms with Gasteiger partial charge in [0.25, 0.3) is 5.91 Å². The van der Waals surface area contributed by atoms with Crippen molar-refractivity contribution in [2.45, 2.75) is 76.2 Å². The second kappa shape index (κ2) is 11.9. The van der Waals surface area contributed by atoms with Gasteiger partial charge in [-0.3, -0.25) is 24.1 Å². The number of aliphatic hydroxyl groups excluding tert-OH is 2. The molecule has 4 amide bonds. The van der Waals surface area contributed by atoms with Gasteiger partial charge in [-0.05, 0) is 36.1 Å². The van der Waals surface area contributed by atoms with E-state index in [1.165, 1.54) is 29.2 Å². The Kier molecular flexibility index (Phi) is 8.57. The first-order chi connectivity index (χ1) is 19.8. The predicted molar refractivity (Wildman–Crippen MR) is 147 cm³/mol. The average molecular weight is 590 g/mol. The number of carbonyl (C=O) groups excluding carboxylic acids is 4. The van der Waals surface area contributed by atoms with Crippen LogP contribution in [0, 0.1) is 11.2 Å². The van der Waals surface area contributed by atoms with E-state index >= 15 is 0 Å². The fourth-order valence-corrected chi connectivity index (χ4v) is 6.42. The molecule has 0 aromatic heterocycles. The summed E-state index contributed by atoms with van der Waals surface area (Å²) in [5.41, 5.74) is 0.0774.